The first-order chi connectivity index (χ1) is 6.76. The number of carbonyl (C=O) groups excluding carboxylic acids is 2. The molecule has 1 aromatic carbocycles. The molecule has 0 aliphatic heterocycles. The van der Waals surface area contributed by atoms with Crippen LogP contribution in [0.15, 0.2) is 24.3 Å². The van der Waals surface area contributed by atoms with Crippen molar-refractivity contribution in [1.82, 2.24) is 0 Å². The lowest BCUT2D eigenvalue weighted by atomic mass is 10.2. The van der Waals surface area contributed by atoms with E-state index in [4.69, 9.17) is 4.89 Å². The number of rotatable bonds is 4. The molecule has 0 saturated heterocycles. The normalized spacial score (nSPS) is 9.21. The topological polar surface area (TPSA) is 52.6 Å². The zero-order valence-electron chi connectivity index (χ0n) is 7.73. The standard InChI is InChI=1S/C10H10O4/c1-2-10(12)14-13-9-5-3-8(7-11)4-6-9/h3-7H,2H2,1H3. The first kappa shape index (κ1) is 10.2. The second kappa shape index (κ2) is 5.01. The average Bonchev–Trinajstić information content (AvgIpc) is 2.26. The minimum absolute atomic E-state index is 0.256. The molecule has 0 aliphatic rings. The van der Waals surface area contributed by atoms with Crippen molar-refractivity contribution in [3.05, 3.63) is 29.8 Å². The van der Waals surface area contributed by atoms with Gasteiger partial charge in [-0.3, -0.25) is 14.6 Å². The van der Waals surface area contributed by atoms with Crippen LogP contribution in [0.25, 0.3) is 0 Å². The molecular weight excluding hydrogens is 184 g/mol. The summed E-state index contributed by atoms with van der Waals surface area (Å²) in [5.74, 6) is -0.0538. The smallest absolute Gasteiger partial charge is 0.298 e. The average molecular weight is 194 g/mol. The Bertz CT molecular complexity index is 315. The van der Waals surface area contributed by atoms with Crippen molar-refractivity contribution >= 4 is 12.3 Å². The fourth-order valence-electron chi connectivity index (χ4n) is 0.755. The van der Waals surface area contributed by atoms with Gasteiger partial charge in [-0.2, -0.15) is 0 Å². The number of benzene rings is 1. The molecule has 0 fully saturated rings. The number of aldehydes is 1. The van der Waals surface area contributed by atoms with E-state index < -0.39 is 5.97 Å². The van der Waals surface area contributed by atoms with Gasteiger partial charge in [0.15, 0.2) is 5.75 Å². The molecule has 0 aromatic heterocycles. The highest BCUT2D eigenvalue weighted by atomic mass is 17.2. The van der Waals surface area contributed by atoms with E-state index in [0.717, 1.165) is 6.29 Å². The fraction of sp³-hybridized carbons (Fsp3) is 0.200. The van der Waals surface area contributed by atoms with Gasteiger partial charge in [0.25, 0.3) is 0 Å². The summed E-state index contributed by atoms with van der Waals surface area (Å²) in [6, 6.07) is 6.24. The van der Waals surface area contributed by atoms with E-state index in [1.165, 1.54) is 0 Å². The highest BCUT2D eigenvalue weighted by Gasteiger charge is 2.01. The summed E-state index contributed by atoms with van der Waals surface area (Å²) in [4.78, 5) is 30.1. The van der Waals surface area contributed by atoms with Crippen molar-refractivity contribution < 1.29 is 19.4 Å². The predicted octanol–water partition coefficient (Wildman–Crippen LogP) is 1.75. The zero-order chi connectivity index (χ0) is 10.4. The third kappa shape index (κ3) is 2.90. The van der Waals surface area contributed by atoms with Crippen LogP contribution in [0.1, 0.15) is 23.7 Å². The van der Waals surface area contributed by atoms with Crippen LogP contribution in [0.3, 0.4) is 0 Å². The molecule has 0 amide bonds. The Morgan fingerprint density at radius 3 is 2.50 bits per heavy atom. The number of hydrogen-bond donors (Lipinski definition) is 0. The molecule has 0 spiro atoms. The lowest BCUT2D eigenvalue weighted by Gasteiger charge is -2.02. The molecule has 1 aromatic rings. The van der Waals surface area contributed by atoms with Crippen LogP contribution in [-0.2, 0) is 9.68 Å². The second-order valence-corrected chi connectivity index (χ2v) is 2.58. The quantitative estimate of drug-likeness (QED) is 0.416. The fourth-order valence-corrected chi connectivity index (χ4v) is 0.755. The number of hydrogen-bond acceptors (Lipinski definition) is 4. The molecule has 0 radical (unpaired) electrons. The Morgan fingerprint density at radius 1 is 1.36 bits per heavy atom. The van der Waals surface area contributed by atoms with Gasteiger partial charge in [0.2, 0.25) is 0 Å². The summed E-state index contributed by atoms with van der Waals surface area (Å²) >= 11 is 0. The first-order valence-electron chi connectivity index (χ1n) is 4.19. The first-order valence-corrected chi connectivity index (χ1v) is 4.19. The predicted molar refractivity (Wildman–Crippen MR) is 48.8 cm³/mol. The Balaban J connectivity index is 2.51. The molecule has 0 bridgehead atoms. The molecule has 74 valence electrons. The molecule has 1 rings (SSSR count). The van der Waals surface area contributed by atoms with Crippen molar-refractivity contribution in [3.8, 4) is 5.75 Å². The Hall–Kier alpha value is -1.84. The SMILES string of the molecule is CCC(=O)OOc1ccc(C=O)cc1. The molecule has 0 heterocycles. The van der Waals surface area contributed by atoms with E-state index in [0.29, 0.717) is 11.3 Å². The van der Waals surface area contributed by atoms with Crippen molar-refractivity contribution in [2.75, 3.05) is 0 Å². The van der Waals surface area contributed by atoms with Gasteiger partial charge in [0.1, 0.15) is 6.29 Å². The molecule has 4 heteroatoms. The zero-order valence-corrected chi connectivity index (χ0v) is 7.73. The molecule has 0 saturated carbocycles. The van der Waals surface area contributed by atoms with Crippen molar-refractivity contribution in [2.45, 2.75) is 13.3 Å². The maximum absolute atomic E-state index is 10.7. The van der Waals surface area contributed by atoms with Crippen LogP contribution < -0.4 is 4.89 Å². The summed E-state index contributed by atoms with van der Waals surface area (Å²) in [6.07, 6.45) is 0.980. The summed E-state index contributed by atoms with van der Waals surface area (Å²) < 4.78 is 0. The molecule has 0 atom stereocenters. The van der Waals surface area contributed by atoms with Crippen LogP contribution in [-0.4, -0.2) is 12.3 Å². The van der Waals surface area contributed by atoms with E-state index in [2.05, 4.69) is 4.89 Å². The van der Waals surface area contributed by atoms with Crippen molar-refractivity contribution in [1.29, 1.82) is 0 Å². The van der Waals surface area contributed by atoms with E-state index in [1.807, 2.05) is 0 Å². The Kier molecular flexibility index (Phi) is 3.67. The van der Waals surface area contributed by atoms with Crippen molar-refractivity contribution in [2.24, 2.45) is 0 Å². The largest absolute Gasteiger partial charge is 0.355 e. The van der Waals surface area contributed by atoms with Crippen LogP contribution in [0.2, 0.25) is 0 Å². The van der Waals surface area contributed by atoms with Crippen LogP contribution >= 0.6 is 0 Å². The summed E-state index contributed by atoms with van der Waals surface area (Å²) in [5, 5.41) is 0. The minimum atomic E-state index is -0.440. The van der Waals surface area contributed by atoms with Gasteiger partial charge in [-0.1, -0.05) is 6.92 Å². The molecule has 0 N–H and O–H groups in total. The summed E-state index contributed by atoms with van der Waals surface area (Å²) in [7, 11) is 0. The minimum Gasteiger partial charge on any atom is -0.298 e. The lowest BCUT2D eigenvalue weighted by molar-refractivity contribution is -0.213. The van der Waals surface area contributed by atoms with Gasteiger partial charge in [-0.05, 0) is 24.3 Å². The highest BCUT2D eigenvalue weighted by Crippen LogP contribution is 2.11. The van der Waals surface area contributed by atoms with Crippen LogP contribution in [0.4, 0.5) is 0 Å². The van der Waals surface area contributed by atoms with Gasteiger partial charge in [0, 0.05) is 12.0 Å². The Labute approximate surface area is 81.4 Å². The molecule has 0 unspecified atom stereocenters. The van der Waals surface area contributed by atoms with E-state index >= 15 is 0 Å². The number of carbonyl (C=O) groups is 2. The van der Waals surface area contributed by atoms with Gasteiger partial charge >= 0.3 is 5.97 Å². The lowest BCUT2D eigenvalue weighted by Crippen LogP contribution is -2.05. The Morgan fingerprint density at radius 2 is 2.00 bits per heavy atom. The van der Waals surface area contributed by atoms with E-state index in [1.54, 1.807) is 31.2 Å². The van der Waals surface area contributed by atoms with Gasteiger partial charge in [0.05, 0.1) is 0 Å². The molecule has 4 nitrogen and oxygen atoms in total. The van der Waals surface area contributed by atoms with Gasteiger partial charge in [-0.25, -0.2) is 4.79 Å². The summed E-state index contributed by atoms with van der Waals surface area (Å²) in [6.45, 7) is 1.67. The third-order valence-electron chi connectivity index (χ3n) is 1.54. The van der Waals surface area contributed by atoms with Gasteiger partial charge < -0.3 is 0 Å². The van der Waals surface area contributed by atoms with E-state index in [9.17, 15) is 9.59 Å². The third-order valence-corrected chi connectivity index (χ3v) is 1.54. The molecule has 14 heavy (non-hydrogen) atoms. The van der Waals surface area contributed by atoms with Crippen molar-refractivity contribution in [3.63, 3.8) is 0 Å². The molecule has 0 aliphatic carbocycles. The highest BCUT2D eigenvalue weighted by molar-refractivity contribution is 5.74. The maximum atomic E-state index is 10.7. The molecular formula is C10H10O4. The monoisotopic (exact) mass is 194 g/mol. The summed E-state index contributed by atoms with van der Waals surface area (Å²) in [5.41, 5.74) is 0.541. The second-order valence-electron chi connectivity index (χ2n) is 2.58. The van der Waals surface area contributed by atoms with Crippen LogP contribution in [0, 0.1) is 0 Å². The van der Waals surface area contributed by atoms with Gasteiger partial charge in [-0.15, -0.1) is 0 Å². The van der Waals surface area contributed by atoms with E-state index in [-0.39, 0.29) is 6.42 Å². The van der Waals surface area contributed by atoms with Crippen LogP contribution in [0.5, 0.6) is 5.75 Å². The maximum Gasteiger partial charge on any atom is 0.355 e.